The Kier molecular flexibility index (Phi) is 7.03. The number of aliphatic hydroxyl groups excluding tert-OH is 1. The molecule has 1 N–H and O–H groups in total. The van der Waals surface area contributed by atoms with Crippen molar-refractivity contribution in [3.8, 4) is 0 Å². The molecular formula is C27H28N4O3S. The Bertz CT molecular complexity index is 1240. The van der Waals surface area contributed by atoms with Gasteiger partial charge in [-0.05, 0) is 42.5 Å². The number of ether oxygens (including phenoxy) is 1. The van der Waals surface area contributed by atoms with Crippen LogP contribution in [0.1, 0.15) is 50.6 Å². The van der Waals surface area contributed by atoms with Crippen LogP contribution in [0.4, 0.5) is 0 Å². The standard InChI is InChI=1S/C27H28N4O3S/c1-19-9-11-20(12-10-19)24-14-25(26(32)17-30(24)16-23-8-5-13-35-23)31-15-22(28-29-31)18-34-27(33)21-6-3-2-4-7-21/h2-13,15,24-26,32H,14,16-18H2,1H3/t24-,25-,26-/m1/s1. The van der Waals surface area contributed by atoms with Crippen LogP contribution in [0.25, 0.3) is 0 Å². The van der Waals surface area contributed by atoms with E-state index in [1.807, 2.05) is 6.07 Å². The van der Waals surface area contributed by atoms with Crippen molar-refractivity contribution in [1.82, 2.24) is 19.9 Å². The SMILES string of the molecule is Cc1ccc([C@H]2C[C@@H](n3cc(COC(=O)c4ccccc4)nn3)[C@H](O)CN2Cc2cccs2)cc1. The van der Waals surface area contributed by atoms with Crippen molar-refractivity contribution in [3.63, 3.8) is 0 Å². The molecule has 1 aliphatic heterocycles. The van der Waals surface area contributed by atoms with E-state index in [1.165, 1.54) is 16.0 Å². The van der Waals surface area contributed by atoms with E-state index in [4.69, 9.17) is 4.74 Å². The molecule has 0 radical (unpaired) electrons. The molecule has 3 heterocycles. The van der Waals surface area contributed by atoms with Gasteiger partial charge < -0.3 is 9.84 Å². The van der Waals surface area contributed by atoms with Crippen LogP contribution < -0.4 is 0 Å². The van der Waals surface area contributed by atoms with Gasteiger partial charge in [0.05, 0.1) is 23.9 Å². The maximum atomic E-state index is 12.2. The highest BCUT2D eigenvalue weighted by Crippen LogP contribution is 2.38. The number of thiophene rings is 1. The molecule has 1 fully saturated rings. The minimum Gasteiger partial charge on any atom is -0.455 e. The average molecular weight is 489 g/mol. The molecule has 0 bridgehead atoms. The highest BCUT2D eigenvalue weighted by molar-refractivity contribution is 7.09. The van der Waals surface area contributed by atoms with Gasteiger partial charge in [-0.1, -0.05) is 59.3 Å². The molecule has 0 saturated carbocycles. The predicted octanol–water partition coefficient (Wildman–Crippen LogP) is 4.55. The first-order chi connectivity index (χ1) is 17.1. The van der Waals surface area contributed by atoms with Gasteiger partial charge in [-0.2, -0.15) is 0 Å². The lowest BCUT2D eigenvalue weighted by atomic mass is 9.89. The van der Waals surface area contributed by atoms with E-state index < -0.39 is 12.1 Å². The van der Waals surface area contributed by atoms with Gasteiger partial charge in [0.15, 0.2) is 0 Å². The molecule has 0 unspecified atom stereocenters. The second kappa shape index (κ2) is 10.5. The number of aromatic nitrogens is 3. The molecule has 1 saturated heterocycles. The van der Waals surface area contributed by atoms with Gasteiger partial charge in [-0.3, -0.25) is 4.90 Å². The third-order valence-corrected chi connectivity index (χ3v) is 7.29. The van der Waals surface area contributed by atoms with E-state index >= 15 is 0 Å². The van der Waals surface area contributed by atoms with Crippen molar-refractivity contribution in [2.45, 2.75) is 44.7 Å². The number of aryl methyl sites for hydroxylation is 1. The quantitative estimate of drug-likeness (QED) is 0.384. The maximum Gasteiger partial charge on any atom is 0.338 e. The number of aliphatic hydroxyl groups is 1. The normalized spacial score (nSPS) is 20.6. The fourth-order valence-electron chi connectivity index (χ4n) is 4.56. The summed E-state index contributed by atoms with van der Waals surface area (Å²) in [7, 11) is 0. The second-order valence-corrected chi connectivity index (χ2v) is 9.97. The van der Waals surface area contributed by atoms with E-state index in [1.54, 1.807) is 46.5 Å². The minimum atomic E-state index is -0.599. The molecule has 8 heteroatoms. The van der Waals surface area contributed by atoms with Crippen LogP contribution in [-0.4, -0.2) is 43.6 Å². The molecule has 2 aromatic carbocycles. The largest absolute Gasteiger partial charge is 0.455 e. The molecule has 4 aromatic rings. The van der Waals surface area contributed by atoms with Crippen molar-refractivity contribution < 1.29 is 14.6 Å². The van der Waals surface area contributed by atoms with Gasteiger partial charge in [0, 0.05) is 24.0 Å². The summed E-state index contributed by atoms with van der Waals surface area (Å²) in [4.78, 5) is 15.9. The highest BCUT2D eigenvalue weighted by atomic mass is 32.1. The van der Waals surface area contributed by atoms with Gasteiger partial charge in [0.2, 0.25) is 0 Å². The zero-order valence-electron chi connectivity index (χ0n) is 19.5. The lowest BCUT2D eigenvalue weighted by Crippen LogP contribution is -2.46. The van der Waals surface area contributed by atoms with Crippen LogP contribution >= 0.6 is 11.3 Å². The summed E-state index contributed by atoms with van der Waals surface area (Å²) < 4.78 is 7.12. The Labute approximate surface area is 208 Å². The van der Waals surface area contributed by atoms with Crippen molar-refractivity contribution in [1.29, 1.82) is 0 Å². The number of nitrogens with zero attached hydrogens (tertiary/aromatic N) is 4. The van der Waals surface area contributed by atoms with Crippen molar-refractivity contribution in [2.75, 3.05) is 6.54 Å². The topological polar surface area (TPSA) is 80.5 Å². The highest BCUT2D eigenvalue weighted by Gasteiger charge is 2.37. The van der Waals surface area contributed by atoms with Crippen LogP contribution in [0.3, 0.4) is 0 Å². The first-order valence-electron chi connectivity index (χ1n) is 11.7. The molecule has 5 rings (SSSR count). The molecule has 180 valence electrons. The van der Waals surface area contributed by atoms with Crippen LogP contribution in [0.15, 0.2) is 78.3 Å². The smallest absolute Gasteiger partial charge is 0.338 e. The van der Waals surface area contributed by atoms with Crippen LogP contribution in [0, 0.1) is 6.92 Å². The van der Waals surface area contributed by atoms with E-state index in [0.717, 1.165) is 6.54 Å². The molecule has 35 heavy (non-hydrogen) atoms. The molecule has 0 amide bonds. The predicted molar refractivity (Wildman–Crippen MR) is 134 cm³/mol. The molecule has 2 aromatic heterocycles. The maximum absolute atomic E-state index is 12.2. The number of carbonyl (C=O) groups is 1. The zero-order chi connectivity index (χ0) is 24.2. The summed E-state index contributed by atoms with van der Waals surface area (Å²) in [6, 6.07) is 21.6. The number of hydrogen-bond donors (Lipinski definition) is 1. The average Bonchev–Trinajstić information content (AvgIpc) is 3.56. The monoisotopic (exact) mass is 488 g/mol. The lowest BCUT2D eigenvalue weighted by molar-refractivity contribution is -0.0131. The first kappa shape index (κ1) is 23.4. The molecule has 0 aliphatic carbocycles. The van der Waals surface area contributed by atoms with E-state index in [0.29, 0.717) is 24.2 Å². The third kappa shape index (κ3) is 5.51. The summed E-state index contributed by atoms with van der Waals surface area (Å²) in [6.45, 7) is 3.43. The Hall–Kier alpha value is -3.33. The molecular weight excluding hydrogens is 460 g/mol. The van der Waals surface area contributed by atoms with Crippen molar-refractivity contribution in [2.24, 2.45) is 0 Å². The van der Waals surface area contributed by atoms with Gasteiger partial charge >= 0.3 is 5.97 Å². The fraction of sp³-hybridized carbons (Fsp3) is 0.296. The second-order valence-electron chi connectivity index (χ2n) is 8.94. The number of hydrogen-bond acceptors (Lipinski definition) is 7. The number of carbonyl (C=O) groups excluding carboxylic acids is 1. The fourth-order valence-corrected chi connectivity index (χ4v) is 5.29. The van der Waals surface area contributed by atoms with Gasteiger partial charge in [0.25, 0.3) is 0 Å². The zero-order valence-corrected chi connectivity index (χ0v) is 20.3. The molecule has 7 nitrogen and oxygen atoms in total. The van der Waals surface area contributed by atoms with E-state index in [-0.39, 0.29) is 18.7 Å². The number of likely N-dealkylation sites (tertiary alicyclic amines) is 1. The summed E-state index contributed by atoms with van der Waals surface area (Å²) in [5.74, 6) is -0.401. The van der Waals surface area contributed by atoms with Gasteiger partial charge in [-0.15, -0.1) is 16.4 Å². The molecule has 1 aliphatic rings. The Morgan fingerprint density at radius 1 is 1.11 bits per heavy atom. The number of β-amino-alcohol motifs (C(OH)–C–C–N with tert-alkyl or cyclic N) is 1. The Balaban J connectivity index is 1.31. The van der Waals surface area contributed by atoms with Crippen LogP contribution in [0.5, 0.6) is 0 Å². The summed E-state index contributed by atoms with van der Waals surface area (Å²) in [5.41, 5.74) is 3.49. The minimum absolute atomic E-state index is 0.0302. The first-order valence-corrected chi connectivity index (χ1v) is 12.6. The van der Waals surface area contributed by atoms with Crippen molar-refractivity contribution >= 4 is 17.3 Å². The summed E-state index contributed by atoms with van der Waals surface area (Å²) in [5, 5.41) is 21.7. The number of piperidine rings is 1. The van der Waals surface area contributed by atoms with Gasteiger partial charge in [-0.25, -0.2) is 9.48 Å². The van der Waals surface area contributed by atoms with E-state index in [2.05, 4.69) is 63.9 Å². The Morgan fingerprint density at radius 3 is 2.66 bits per heavy atom. The molecule has 0 spiro atoms. The number of rotatable bonds is 7. The summed E-state index contributed by atoms with van der Waals surface area (Å²) >= 11 is 1.73. The van der Waals surface area contributed by atoms with Crippen LogP contribution in [-0.2, 0) is 17.9 Å². The van der Waals surface area contributed by atoms with Crippen molar-refractivity contribution in [3.05, 3.63) is 106 Å². The lowest BCUT2D eigenvalue weighted by Gasteiger charge is -2.42. The number of esters is 1. The van der Waals surface area contributed by atoms with E-state index in [9.17, 15) is 9.90 Å². The van der Waals surface area contributed by atoms with Crippen LogP contribution in [0.2, 0.25) is 0 Å². The third-order valence-electron chi connectivity index (χ3n) is 6.43. The molecule has 3 atom stereocenters. The Morgan fingerprint density at radius 2 is 1.91 bits per heavy atom. The van der Waals surface area contributed by atoms with Gasteiger partial charge in [0.1, 0.15) is 12.3 Å². The summed E-state index contributed by atoms with van der Waals surface area (Å²) in [6.07, 6.45) is 1.87. The number of benzene rings is 2.